The zero-order valence-corrected chi connectivity index (χ0v) is 15.6. The fourth-order valence-corrected chi connectivity index (χ4v) is 4.04. The highest BCUT2D eigenvalue weighted by atomic mass is 16.6. The van der Waals surface area contributed by atoms with Gasteiger partial charge in [-0.2, -0.15) is 5.26 Å². The minimum atomic E-state index is -0.537. The van der Waals surface area contributed by atoms with E-state index in [1.807, 2.05) is 12.1 Å². The van der Waals surface area contributed by atoms with Crippen LogP contribution in [0.3, 0.4) is 0 Å². The number of nitriles is 1. The molecule has 2 aliphatic rings. The van der Waals surface area contributed by atoms with Crippen LogP contribution < -0.4 is 4.90 Å². The lowest BCUT2D eigenvalue weighted by Crippen LogP contribution is -2.42. The first kappa shape index (κ1) is 18.7. The van der Waals surface area contributed by atoms with Gasteiger partial charge in [-0.15, -0.1) is 0 Å². The van der Waals surface area contributed by atoms with Gasteiger partial charge in [0.15, 0.2) is 0 Å². The lowest BCUT2D eigenvalue weighted by molar-refractivity contribution is -0.384. The van der Waals surface area contributed by atoms with Crippen LogP contribution in [0, 0.1) is 27.4 Å². The predicted molar refractivity (Wildman–Crippen MR) is 100 cm³/mol. The number of benzene rings is 1. The van der Waals surface area contributed by atoms with E-state index in [9.17, 15) is 15.4 Å². The Hall–Kier alpha value is -2.13. The highest BCUT2D eigenvalue weighted by Crippen LogP contribution is 2.45. The van der Waals surface area contributed by atoms with E-state index in [2.05, 4.69) is 24.8 Å². The molecule has 3 rings (SSSR count). The van der Waals surface area contributed by atoms with Crippen molar-refractivity contribution < 1.29 is 9.66 Å². The highest BCUT2D eigenvalue weighted by molar-refractivity contribution is 5.66. The number of nitrogens with zero attached hydrogens (tertiary/aromatic N) is 3. The topological polar surface area (TPSA) is 79.4 Å². The van der Waals surface area contributed by atoms with Crippen LogP contribution in [0.5, 0.6) is 0 Å². The number of rotatable bonds is 6. The Bertz CT molecular complexity index is 701. The van der Waals surface area contributed by atoms with Crippen molar-refractivity contribution in [3.63, 3.8) is 0 Å². The maximum absolute atomic E-state index is 11.8. The maximum Gasteiger partial charge on any atom is 0.292 e. The molecule has 1 aromatic carbocycles. The molecule has 0 amide bonds. The van der Waals surface area contributed by atoms with Gasteiger partial charge in [-0.05, 0) is 49.7 Å². The van der Waals surface area contributed by atoms with E-state index in [0.29, 0.717) is 24.8 Å². The first-order chi connectivity index (χ1) is 12.5. The first-order valence-electron chi connectivity index (χ1n) is 9.51. The Morgan fingerprint density at radius 2 is 2.08 bits per heavy atom. The normalized spacial score (nSPS) is 19.6. The minimum absolute atomic E-state index is 0.121. The van der Waals surface area contributed by atoms with Crippen LogP contribution in [0.4, 0.5) is 11.4 Å². The van der Waals surface area contributed by atoms with E-state index in [1.54, 1.807) is 6.07 Å². The van der Waals surface area contributed by atoms with Crippen molar-refractivity contribution >= 4 is 11.4 Å². The summed E-state index contributed by atoms with van der Waals surface area (Å²) in [6.45, 7) is 6.43. The Morgan fingerprint density at radius 3 is 2.58 bits per heavy atom. The van der Waals surface area contributed by atoms with Crippen LogP contribution in [-0.4, -0.2) is 30.7 Å². The molecule has 0 radical (unpaired) electrons. The van der Waals surface area contributed by atoms with Crippen LogP contribution in [0.1, 0.15) is 51.5 Å². The van der Waals surface area contributed by atoms with Crippen molar-refractivity contribution in [3.05, 3.63) is 33.9 Å². The zero-order valence-electron chi connectivity index (χ0n) is 15.6. The molecule has 0 unspecified atom stereocenters. The summed E-state index contributed by atoms with van der Waals surface area (Å²) in [5.74, 6) is 0.397. The second-order valence-electron chi connectivity index (χ2n) is 7.90. The summed E-state index contributed by atoms with van der Waals surface area (Å²) in [5.41, 5.74) is 1.05. The molecule has 1 aliphatic carbocycles. The lowest BCUT2D eigenvalue weighted by atomic mass is 9.65. The van der Waals surface area contributed by atoms with Crippen LogP contribution in [0.2, 0.25) is 0 Å². The summed E-state index contributed by atoms with van der Waals surface area (Å²) in [5, 5.41) is 21.4. The number of hydrogen-bond acceptors (Lipinski definition) is 5. The number of hydrogen-bond donors (Lipinski definition) is 0. The average Bonchev–Trinajstić information content (AvgIpc) is 2.60. The molecule has 6 nitrogen and oxygen atoms in total. The van der Waals surface area contributed by atoms with Crippen LogP contribution in [0.15, 0.2) is 18.2 Å². The fraction of sp³-hybridized carbons (Fsp3) is 0.650. The molecule has 140 valence electrons. The van der Waals surface area contributed by atoms with Crippen molar-refractivity contribution in [2.75, 3.05) is 24.7 Å². The number of ether oxygens (including phenoxy) is 1. The van der Waals surface area contributed by atoms with Crippen molar-refractivity contribution in [2.45, 2.75) is 57.4 Å². The first-order valence-corrected chi connectivity index (χ1v) is 9.51. The van der Waals surface area contributed by atoms with Gasteiger partial charge in [-0.25, -0.2) is 0 Å². The van der Waals surface area contributed by atoms with E-state index in [0.717, 1.165) is 44.2 Å². The third-order valence-electron chi connectivity index (χ3n) is 5.65. The third-order valence-corrected chi connectivity index (χ3v) is 5.65. The van der Waals surface area contributed by atoms with Gasteiger partial charge in [-0.1, -0.05) is 19.9 Å². The largest absolute Gasteiger partial charge is 0.381 e. The summed E-state index contributed by atoms with van der Waals surface area (Å²) in [4.78, 5) is 13.7. The molecule has 6 heteroatoms. The predicted octanol–water partition coefficient (Wildman–Crippen LogP) is 4.18. The van der Waals surface area contributed by atoms with Gasteiger partial charge in [0.25, 0.3) is 5.69 Å². The molecule has 0 N–H and O–H groups in total. The van der Waals surface area contributed by atoms with Gasteiger partial charge in [0.2, 0.25) is 0 Å². The smallest absolute Gasteiger partial charge is 0.292 e. The number of nitro benzene ring substituents is 1. The molecule has 0 bridgehead atoms. The summed E-state index contributed by atoms with van der Waals surface area (Å²) < 4.78 is 5.47. The van der Waals surface area contributed by atoms with Crippen molar-refractivity contribution in [3.8, 4) is 6.07 Å². The molecule has 1 saturated carbocycles. The molecule has 26 heavy (non-hydrogen) atoms. The number of nitro groups is 1. The highest BCUT2D eigenvalue weighted by Gasteiger charge is 2.40. The third kappa shape index (κ3) is 3.54. The molecule has 1 heterocycles. The average molecular weight is 357 g/mol. The molecule has 1 saturated heterocycles. The Balaban J connectivity index is 2.00. The van der Waals surface area contributed by atoms with Crippen molar-refractivity contribution in [2.24, 2.45) is 5.92 Å². The summed E-state index contributed by atoms with van der Waals surface area (Å²) >= 11 is 0. The quantitative estimate of drug-likeness (QED) is 0.563. The molecule has 1 aromatic rings. The summed E-state index contributed by atoms with van der Waals surface area (Å²) in [7, 11) is 0. The molecule has 0 spiro atoms. The van der Waals surface area contributed by atoms with Gasteiger partial charge in [0.1, 0.15) is 5.69 Å². The van der Waals surface area contributed by atoms with Crippen LogP contribution in [-0.2, 0) is 10.2 Å². The standard InChI is InChI=1S/C20H27N3O3/c1-15(2)13-22(17-6-10-26-11-7-17)18-5-4-16(12-19(18)23(24)25)20(14-21)8-3-9-20/h4-5,12,15,17H,3,6-11,13H2,1-2H3. The zero-order chi connectivity index (χ0) is 18.7. The van der Waals surface area contributed by atoms with E-state index in [-0.39, 0.29) is 16.7 Å². The van der Waals surface area contributed by atoms with Crippen molar-refractivity contribution in [1.82, 2.24) is 0 Å². The maximum atomic E-state index is 11.8. The monoisotopic (exact) mass is 357 g/mol. The molecule has 0 atom stereocenters. The van der Waals surface area contributed by atoms with Gasteiger partial charge >= 0.3 is 0 Å². The Morgan fingerprint density at radius 1 is 1.38 bits per heavy atom. The number of anilines is 1. The summed E-state index contributed by atoms with van der Waals surface area (Å²) in [6, 6.07) is 8.08. The van der Waals surface area contributed by atoms with Crippen LogP contribution in [0.25, 0.3) is 0 Å². The molecule has 2 fully saturated rings. The van der Waals surface area contributed by atoms with Gasteiger partial charge in [0.05, 0.1) is 16.4 Å². The van der Waals surface area contributed by atoms with E-state index >= 15 is 0 Å². The second kappa shape index (κ2) is 7.63. The Kier molecular flexibility index (Phi) is 5.47. The second-order valence-corrected chi connectivity index (χ2v) is 7.90. The SMILES string of the molecule is CC(C)CN(c1ccc(C2(C#N)CCC2)cc1[N+](=O)[O-])C1CCOCC1. The van der Waals surface area contributed by atoms with E-state index < -0.39 is 5.41 Å². The van der Waals surface area contributed by atoms with E-state index in [1.165, 1.54) is 0 Å². The Labute approximate surface area is 154 Å². The minimum Gasteiger partial charge on any atom is -0.381 e. The van der Waals surface area contributed by atoms with Gasteiger partial charge in [-0.3, -0.25) is 10.1 Å². The lowest BCUT2D eigenvalue weighted by Gasteiger charge is -2.38. The summed E-state index contributed by atoms with van der Waals surface area (Å²) in [6.07, 6.45) is 4.34. The van der Waals surface area contributed by atoms with Gasteiger partial charge in [0, 0.05) is 31.9 Å². The fourth-order valence-electron chi connectivity index (χ4n) is 4.04. The molecular formula is C20H27N3O3. The van der Waals surface area contributed by atoms with Crippen molar-refractivity contribution in [1.29, 1.82) is 5.26 Å². The molecule has 0 aromatic heterocycles. The van der Waals surface area contributed by atoms with Crippen LogP contribution >= 0.6 is 0 Å². The molecule has 1 aliphatic heterocycles. The molecular weight excluding hydrogens is 330 g/mol. The van der Waals surface area contributed by atoms with E-state index in [4.69, 9.17) is 4.74 Å². The van der Waals surface area contributed by atoms with Gasteiger partial charge < -0.3 is 9.64 Å².